The molecule has 0 amide bonds. The summed E-state index contributed by atoms with van der Waals surface area (Å²) >= 11 is 0. The number of rotatable bonds is 3. The van der Waals surface area contributed by atoms with Crippen LogP contribution < -0.4 is 5.73 Å². The van der Waals surface area contributed by atoms with Gasteiger partial charge in [0.2, 0.25) is 11.7 Å². The topological polar surface area (TPSA) is 64.9 Å². The minimum absolute atomic E-state index is 0.198. The standard InChI is InChI=1S/C15H19N3O/c1-9(2)13(16)15-17-14(18-19-15)12-7-6-10-4-3-5-11(10)8-12/h6-9,13H,3-5,16H2,1-2H3. The summed E-state index contributed by atoms with van der Waals surface area (Å²) in [5, 5.41) is 4.05. The first kappa shape index (κ1) is 12.4. The van der Waals surface area contributed by atoms with Gasteiger partial charge >= 0.3 is 0 Å². The van der Waals surface area contributed by atoms with Crippen LogP contribution in [0.3, 0.4) is 0 Å². The van der Waals surface area contributed by atoms with Crippen LogP contribution in [0, 0.1) is 5.92 Å². The molecular formula is C15H19N3O. The Balaban J connectivity index is 1.90. The van der Waals surface area contributed by atoms with Crippen LogP contribution in [-0.4, -0.2) is 10.1 Å². The van der Waals surface area contributed by atoms with Gasteiger partial charge in [0.15, 0.2) is 0 Å². The van der Waals surface area contributed by atoms with Crippen LogP contribution in [0.1, 0.15) is 43.3 Å². The molecule has 2 aromatic rings. The lowest BCUT2D eigenvalue weighted by Crippen LogP contribution is -2.16. The van der Waals surface area contributed by atoms with Crippen molar-refractivity contribution in [3.05, 3.63) is 35.2 Å². The van der Waals surface area contributed by atoms with Gasteiger partial charge in [-0.25, -0.2) is 0 Å². The number of hydrogen-bond donors (Lipinski definition) is 1. The van der Waals surface area contributed by atoms with Crippen LogP contribution in [0.2, 0.25) is 0 Å². The van der Waals surface area contributed by atoms with Crippen LogP contribution in [0.15, 0.2) is 22.7 Å². The number of aryl methyl sites for hydroxylation is 2. The number of nitrogens with two attached hydrogens (primary N) is 1. The first-order valence-corrected chi connectivity index (χ1v) is 6.86. The van der Waals surface area contributed by atoms with E-state index >= 15 is 0 Å². The summed E-state index contributed by atoms with van der Waals surface area (Å²) in [4.78, 5) is 4.42. The largest absolute Gasteiger partial charge is 0.337 e. The molecule has 1 aromatic carbocycles. The van der Waals surface area contributed by atoms with Gasteiger partial charge in [-0.05, 0) is 42.4 Å². The zero-order chi connectivity index (χ0) is 13.4. The Morgan fingerprint density at radius 2 is 2.00 bits per heavy atom. The molecule has 3 rings (SSSR count). The van der Waals surface area contributed by atoms with Crippen LogP contribution in [0.25, 0.3) is 11.4 Å². The third kappa shape index (κ3) is 2.28. The molecule has 0 saturated carbocycles. The van der Waals surface area contributed by atoms with Crippen molar-refractivity contribution in [2.45, 2.75) is 39.2 Å². The first-order chi connectivity index (χ1) is 9.15. The molecule has 1 aromatic heterocycles. The van der Waals surface area contributed by atoms with Gasteiger partial charge in [0, 0.05) is 5.56 Å². The van der Waals surface area contributed by atoms with Crippen molar-refractivity contribution in [1.82, 2.24) is 10.1 Å². The summed E-state index contributed by atoms with van der Waals surface area (Å²) in [5.41, 5.74) is 9.91. The molecule has 2 N–H and O–H groups in total. The molecule has 0 saturated heterocycles. The number of hydrogen-bond acceptors (Lipinski definition) is 4. The molecule has 0 aliphatic heterocycles. The molecule has 0 fully saturated rings. The second kappa shape index (κ2) is 4.78. The summed E-state index contributed by atoms with van der Waals surface area (Å²) < 4.78 is 5.28. The van der Waals surface area contributed by atoms with Crippen molar-refractivity contribution in [3.8, 4) is 11.4 Å². The maximum absolute atomic E-state index is 6.02. The summed E-state index contributed by atoms with van der Waals surface area (Å²) in [7, 11) is 0. The third-order valence-electron chi connectivity index (χ3n) is 3.80. The lowest BCUT2D eigenvalue weighted by molar-refractivity contribution is 0.325. The van der Waals surface area contributed by atoms with Crippen molar-refractivity contribution < 1.29 is 4.52 Å². The van der Waals surface area contributed by atoms with Gasteiger partial charge in [-0.2, -0.15) is 4.98 Å². The minimum Gasteiger partial charge on any atom is -0.337 e. The molecule has 1 heterocycles. The first-order valence-electron chi connectivity index (χ1n) is 6.86. The monoisotopic (exact) mass is 257 g/mol. The van der Waals surface area contributed by atoms with E-state index in [0.29, 0.717) is 11.7 Å². The molecule has 1 unspecified atom stereocenters. The molecular weight excluding hydrogens is 238 g/mol. The molecule has 19 heavy (non-hydrogen) atoms. The van der Waals surface area contributed by atoms with Crippen molar-refractivity contribution >= 4 is 0 Å². The quantitative estimate of drug-likeness (QED) is 0.918. The van der Waals surface area contributed by atoms with Crippen molar-refractivity contribution in [1.29, 1.82) is 0 Å². The maximum Gasteiger partial charge on any atom is 0.244 e. The van der Waals surface area contributed by atoms with Gasteiger partial charge in [0.25, 0.3) is 0 Å². The Hall–Kier alpha value is -1.68. The van der Waals surface area contributed by atoms with E-state index in [-0.39, 0.29) is 12.0 Å². The van der Waals surface area contributed by atoms with Crippen molar-refractivity contribution in [2.75, 3.05) is 0 Å². The van der Waals surface area contributed by atoms with Crippen LogP contribution in [-0.2, 0) is 12.8 Å². The molecule has 0 spiro atoms. The molecule has 1 aliphatic rings. The van der Waals surface area contributed by atoms with E-state index in [9.17, 15) is 0 Å². The number of fused-ring (bicyclic) bond motifs is 1. The summed E-state index contributed by atoms with van der Waals surface area (Å²) in [6, 6.07) is 6.23. The predicted octanol–water partition coefficient (Wildman–Crippen LogP) is 2.88. The lowest BCUT2D eigenvalue weighted by atomic mass is 10.1. The van der Waals surface area contributed by atoms with E-state index in [1.165, 1.54) is 24.0 Å². The average molecular weight is 257 g/mol. The summed E-state index contributed by atoms with van der Waals surface area (Å²) in [5.74, 6) is 1.44. The smallest absolute Gasteiger partial charge is 0.244 e. The number of nitrogens with zero attached hydrogens (tertiary/aromatic N) is 2. The molecule has 100 valence electrons. The average Bonchev–Trinajstić information content (AvgIpc) is 3.05. The van der Waals surface area contributed by atoms with E-state index in [4.69, 9.17) is 10.3 Å². The zero-order valence-corrected chi connectivity index (χ0v) is 11.4. The van der Waals surface area contributed by atoms with Crippen LogP contribution in [0.4, 0.5) is 0 Å². The SMILES string of the molecule is CC(C)C(N)c1nc(-c2ccc3c(c2)CCC3)no1. The summed E-state index contributed by atoms with van der Waals surface area (Å²) in [6.07, 6.45) is 3.58. The molecule has 4 heteroatoms. The van der Waals surface area contributed by atoms with E-state index in [1.807, 2.05) is 13.8 Å². The Bertz CT molecular complexity index is 589. The van der Waals surface area contributed by atoms with Crippen LogP contribution >= 0.6 is 0 Å². The van der Waals surface area contributed by atoms with Crippen molar-refractivity contribution in [2.24, 2.45) is 11.7 Å². The highest BCUT2D eigenvalue weighted by Gasteiger charge is 2.19. The molecule has 0 radical (unpaired) electrons. The summed E-state index contributed by atoms with van der Waals surface area (Å²) in [6.45, 7) is 4.09. The molecule has 0 bridgehead atoms. The van der Waals surface area contributed by atoms with Crippen molar-refractivity contribution in [3.63, 3.8) is 0 Å². The van der Waals surface area contributed by atoms with Gasteiger partial charge in [-0.3, -0.25) is 0 Å². The normalized spacial score (nSPS) is 15.8. The molecule has 1 atom stereocenters. The lowest BCUT2D eigenvalue weighted by Gasteiger charge is -2.09. The Morgan fingerprint density at radius 1 is 1.21 bits per heavy atom. The predicted molar refractivity (Wildman–Crippen MR) is 73.5 cm³/mol. The zero-order valence-electron chi connectivity index (χ0n) is 11.4. The fourth-order valence-electron chi connectivity index (χ4n) is 2.48. The third-order valence-corrected chi connectivity index (χ3v) is 3.80. The van der Waals surface area contributed by atoms with Gasteiger partial charge < -0.3 is 10.3 Å². The van der Waals surface area contributed by atoms with Crippen LogP contribution in [0.5, 0.6) is 0 Å². The second-order valence-electron chi connectivity index (χ2n) is 5.56. The van der Waals surface area contributed by atoms with Gasteiger partial charge in [0.05, 0.1) is 6.04 Å². The highest BCUT2D eigenvalue weighted by molar-refractivity contribution is 5.57. The van der Waals surface area contributed by atoms with E-state index < -0.39 is 0 Å². The van der Waals surface area contributed by atoms with Gasteiger partial charge in [-0.15, -0.1) is 0 Å². The molecule has 1 aliphatic carbocycles. The number of benzene rings is 1. The van der Waals surface area contributed by atoms with E-state index in [1.54, 1.807) is 0 Å². The Morgan fingerprint density at radius 3 is 2.79 bits per heavy atom. The fraction of sp³-hybridized carbons (Fsp3) is 0.467. The number of aromatic nitrogens is 2. The highest BCUT2D eigenvalue weighted by atomic mass is 16.5. The highest BCUT2D eigenvalue weighted by Crippen LogP contribution is 2.27. The van der Waals surface area contributed by atoms with E-state index in [0.717, 1.165) is 12.0 Å². The minimum atomic E-state index is -0.198. The second-order valence-corrected chi connectivity index (χ2v) is 5.56. The van der Waals surface area contributed by atoms with E-state index in [2.05, 4.69) is 28.3 Å². The Labute approximate surface area is 113 Å². The maximum atomic E-state index is 6.02. The molecule has 4 nitrogen and oxygen atoms in total. The Kier molecular flexibility index (Phi) is 3.11. The fourth-order valence-corrected chi connectivity index (χ4v) is 2.48. The van der Waals surface area contributed by atoms with Gasteiger partial charge in [0.1, 0.15) is 0 Å². The van der Waals surface area contributed by atoms with Gasteiger partial charge in [-0.1, -0.05) is 31.1 Å².